The van der Waals surface area contributed by atoms with Gasteiger partial charge in [-0.15, -0.1) is 0 Å². The first-order valence-electron chi connectivity index (χ1n) is 5.86. The van der Waals surface area contributed by atoms with Crippen LogP contribution in [0.4, 0.5) is 0 Å². The lowest BCUT2D eigenvalue weighted by Gasteiger charge is -2.26. The maximum absolute atomic E-state index is 6.12. The van der Waals surface area contributed by atoms with E-state index in [2.05, 4.69) is 18.2 Å². The lowest BCUT2D eigenvalue weighted by atomic mass is 10.1. The molecule has 1 saturated heterocycles. The van der Waals surface area contributed by atoms with E-state index < -0.39 is 0 Å². The second-order valence-corrected chi connectivity index (χ2v) is 6.04. The summed E-state index contributed by atoms with van der Waals surface area (Å²) in [6.45, 7) is 0. The van der Waals surface area contributed by atoms with Gasteiger partial charge in [0.25, 0.3) is 0 Å². The fourth-order valence-corrected chi connectivity index (χ4v) is 2.51. The molecule has 2 nitrogen and oxygen atoms in total. The number of benzene rings is 1. The molecule has 0 amide bonds. The Kier molecular flexibility index (Phi) is 2.60. The third-order valence-electron chi connectivity index (χ3n) is 3.26. The zero-order chi connectivity index (χ0) is 11.0. The molecule has 0 bridgehead atoms. The Balaban J connectivity index is 1.66. The predicted molar refractivity (Wildman–Crippen MR) is 68.0 cm³/mol. The van der Waals surface area contributed by atoms with Gasteiger partial charge in [-0.3, -0.25) is 0 Å². The largest absolute Gasteiger partial charge is 0.489 e. The quantitative estimate of drug-likeness (QED) is 0.869. The molecule has 0 radical (unpaired) electrons. The van der Waals surface area contributed by atoms with Gasteiger partial charge >= 0.3 is 0 Å². The average molecular weight is 235 g/mol. The first-order valence-corrected chi connectivity index (χ1v) is 7.01. The molecule has 0 spiro atoms. The Labute approximate surface area is 101 Å². The van der Waals surface area contributed by atoms with Crippen molar-refractivity contribution < 1.29 is 4.74 Å². The van der Waals surface area contributed by atoms with Gasteiger partial charge in [-0.25, -0.2) is 0 Å². The number of ether oxygens (including phenoxy) is 1. The molecule has 2 fully saturated rings. The highest BCUT2D eigenvalue weighted by Crippen LogP contribution is 2.36. The van der Waals surface area contributed by atoms with Crippen molar-refractivity contribution in [1.29, 1.82) is 0 Å². The van der Waals surface area contributed by atoms with Crippen LogP contribution in [0.1, 0.15) is 18.4 Å². The third-order valence-corrected chi connectivity index (χ3v) is 4.47. The fourth-order valence-electron chi connectivity index (χ4n) is 1.95. The maximum atomic E-state index is 6.12. The van der Waals surface area contributed by atoms with Crippen LogP contribution in [0.3, 0.4) is 0 Å². The van der Waals surface area contributed by atoms with Gasteiger partial charge in [0.05, 0.1) is 0 Å². The van der Waals surface area contributed by atoms with Gasteiger partial charge in [0.15, 0.2) is 0 Å². The highest BCUT2D eigenvalue weighted by molar-refractivity contribution is 8.00. The molecule has 2 aliphatic rings. The van der Waals surface area contributed by atoms with Crippen molar-refractivity contribution in [3.8, 4) is 5.75 Å². The Hall–Kier alpha value is -0.670. The van der Waals surface area contributed by atoms with E-state index in [-0.39, 0.29) is 5.54 Å². The van der Waals surface area contributed by atoms with Crippen molar-refractivity contribution in [3.05, 3.63) is 29.8 Å². The van der Waals surface area contributed by atoms with Crippen LogP contribution in [0.15, 0.2) is 24.3 Å². The molecule has 1 aromatic carbocycles. The van der Waals surface area contributed by atoms with Gasteiger partial charge in [-0.1, -0.05) is 12.1 Å². The van der Waals surface area contributed by atoms with Crippen LogP contribution in [-0.2, 0) is 6.42 Å². The van der Waals surface area contributed by atoms with Gasteiger partial charge < -0.3 is 10.5 Å². The van der Waals surface area contributed by atoms with E-state index in [0.717, 1.165) is 36.5 Å². The summed E-state index contributed by atoms with van der Waals surface area (Å²) in [5, 5.41) is 0. The standard InChI is InChI=1S/C13H17NOS/c14-13(4-5-13)7-10-2-1-3-11(6-10)15-12-8-16-9-12/h1-3,6,12H,4-5,7-9,14H2. The summed E-state index contributed by atoms with van der Waals surface area (Å²) < 4.78 is 5.86. The van der Waals surface area contributed by atoms with Gasteiger partial charge in [0.2, 0.25) is 0 Å². The number of hydrogen-bond donors (Lipinski definition) is 1. The molecule has 16 heavy (non-hydrogen) atoms. The molecule has 3 rings (SSSR count). The summed E-state index contributed by atoms with van der Waals surface area (Å²) in [4.78, 5) is 0. The van der Waals surface area contributed by atoms with Crippen molar-refractivity contribution in [1.82, 2.24) is 0 Å². The second kappa shape index (κ2) is 3.97. The Morgan fingerprint density at radius 2 is 2.19 bits per heavy atom. The van der Waals surface area contributed by atoms with Crippen LogP contribution in [0.25, 0.3) is 0 Å². The van der Waals surface area contributed by atoms with Crippen molar-refractivity contribution in [2.45, 2.75) is 30.9 Å². The van der Waals surface area contributed by atoms with Crippen LogP contribution in [0.2, 0.25) is 0 Å². The minimum atomic E-state index is 0.0882. The molecule has 0 unspecified atom stereocenters. The second-order valence-electron chi connectivity index (χ2n) is 4.96. The first kappa shape index (κ1) is 10.5. The topological polar surface area (TPSA) is 35.2 Å². The molecule has 3 heteroatoms. The van der Waals surface area contributed by atoms with Crippen LogP contribution in [0, 0.1) is 0 Å². The molecule has 0 aromatic heterocycles. The van der Waals surface area contributed by atoms with Crippen LogP contribution < -0.4 is 10.5 Å². The van der Waals surface area contributed by atoms with Crippen LogP contribution >= 0.6 is 11.8 Å². The van der Waals surface area contributed by atoms with Gasteiger partial charge in [-0.2, -0.15) is 11.8 Å². The minimum Gasteiger partial charge on any atom is -0.489 e. The number of rotatable bonds is 4. The van der Waals surface area contributed by atoms with Crippen LogP contribution in [-0.4, -0.2) is 23.1 Å². The van der Waals surface area contributed by atoms with Gasteiger partial charge in [0.1, 0.15) is 11.9 Å². The highest BCUT2D eigenvalue weighted by atomic mass is 32.2. The smallest absolute Gasteiger partial charge is 0.120 e. The summed E-state index contributed by atoms with van der Waals surface area (Å²) in [6, 6.07) is 8.41. The normalized spacial score (nSPS) is 22.6. The van der Waals surface area contributed by atoms with E-state index >= 15 is 0 Å². The monoisotopic (exact) mass is 235 g/mol. The lowest BCUT2D eigenvalue weighted by molar-refractivity contribution is 0.240. The maximum Gasteiger partial charge on any atom is 0.120 e. The highest BCUT2D eigenvalue weighted by Gasteiger charge is 2.37. The summed E-state index contributed by atoms with van der Waals surface area (Å²) in [5.74, 6) is 3.27. The van der Waals surface area contributed by atoms with E-state index in [0.29, 0.717) is 6.10 Å². The third kappa shape index (κ3) is 2.36. The summed E-state index contributed by atoms with van der Waals surface area (Å²) in [7, 11) is 0. The Morgan fingerprint density at radius 3 is 2.81 bits per heavy atom. The van der Waals surface area contributed by atoms with E-state index in [1.54, 1.807) is 0 Å². The summed E-state index contributed by atoms with van der Waals surface area (Å²) in [5.41, 5.74) is 7.52. The van der Waals surface area contributed by atoms with Crippen molar-refractivity contribution in [2.24, 2.45) is 5.73 Å². The molecule has 1 aliphatic heterocycles. The van der Waals surface area contributed by atoms with Crippen molar-refractivity contribution >= 4 is 11.8 Å². The zero-order valence-corrected chi connectivity index (χ0v) is 10.1. The molecule has 2 N–H and O–H groups in total. The summed E-state index contributed by atoms with van der Waals surface area (Å²) in [6.07, 6.45) is 3.74. The van der Waals surface area contributed by atoms with E-state index in [1.807, 2.05) is 17.8 Å². The van der Waals surface area contributed by atoms with Gasteiger partial charge in [-0.05, 0) is 37.0 Å². The number of nitrogens with two attached hydrogens (primary N) is 1. The Morgan fingerprint density at radius 1 is 1.38 bits per heavy atom. The lowest BCUT2D eigenvalue weighted by Crippen LogP contribution is -2.31. The van der Waals surface area contributed by atoms with Gasteiger partial charge in [0, 0.05) is 17.0 Å². The zero-order valence-electron chi connectivity index (χ0n) is 9.32. The van der Waals surface area contributed by atoms with Crippen LogP contribution in [0.5, 0.6) is 5.75 Å². The number of hydrogen-bond acceptors (Lipinski definition) is 3. The molecule has 86 valence electrons. The minimum absolute atomic E-state index is 0.0882. The first-order chi connectivity index (χ1) is 7.73. The van der Waals surface area contributed by atoms with Crippen molar-refractivity contribution in [3.63, 3.8) is 0 Å². The summed E-state index contributed by atoms with van der Waals surface area (Å²) >= 11 is 1.94. The molecule has 1 aliphatic carbocycles. The average Bonchev–Trinajstić information content (AvgIpc) is 2.90. The van der Waals surface area contributed by atoms with Crippen molar-refractivity contribution in [2.75, 3.05) is 11.5 Å². The molecular formula is C13H17NOS. The SMILES string of the molecule is NC1(Cc2cccc(OC3CSC3)c2)CC1. The molecule has 0 atom stereocenters. The molecular weight excluding hydrogens is 218 g/mol. The number of thioether (sulfide) groups is 1. The Bertz CT molecular complexity index is 385. The van der Waals surface area contributed by atoms with E-state index in [9.17, 15) is 0 Å². The molecule has 1 aromatic rings. The fraction of sp³-hybridized carbons (Fsp3) is 0.538. The molecule has 1 heterocycles. The molecule has 1 saturated carbocycles. The predicted octanol–water partition coefficient (Wildman–Crippen LogP) is 2.21. The van der Waals surface area contributed by atoms with E-state index in [1.165, 1.54) is 5.56 Å². The van der Waals surface area contributed by atoms with E-state index in [4.69, 9.17) is 10.5 Å².